The minimum absolute atomic E-state index is 0.00875. The Labute approximate surface area is 124 Å². The predicted molar refractivity (Wildman–Crippen MR) is 77.1 cm³/mol. The molecule has 2 rings (SSSR count). The first-order valence-corrected chi connectivity index (χ1v) is 7.35. The predicted octanol–water partition coefficient (Wildman–Crippen LogP) is -1.30. The molecule has 0 aliphatic carbocycles. The molecule has 1 fully saturated rings. The molecule has 0 aromatic carbocycles. The lowest BCUT2D eigenvalue weighted by Crippen LogP contribution is -2.44. The molecule has 7 heteroatoms. The molecule has 3 N–H and O–H groups in total. The Kier molecular flexibility index (Phi) is 5.46. The van der Waals surface area contributed by atoms with E-state index in [9.17, 15) is 14.4 Å². The maximum absolute atomic E-state index is 12.0. The van der Waals surface area contributed by atoms with E-state index in [1.54, 1.807) is 0 Å². The normalized spacial score (nSPS) is 20.3. The largest absolute Gasteiger partial charge is 0.354 e. The third-order valence-corrected chi connectivity index (χ3v) is 3.94. The monoisotopic (exact) mass is 294 g/mol. The van der Waals surface area contributed by atoms with Crippen LogP contribution in [0.4, 0.5) is 0 Å². The van der Waals surface area contributed by atoms with Gasteiger partial charge in [0, 0.05) is 44.2 Å². The number of carbonyl (C=O) groups is 3. The van der Waals surface area contributed by atoms with E-state index in [2.05, 4.69) is 10.2 Å². The molecule has 2 heterocycles. The molecule has 0 saturated carbocycles. The first kappa shape index (κ1) is 15.7. The van der Waals surface area contributed by atoms with Gasteiger partial charge in [-0.25, -0.2) is 0 Å². The third kappa shape index (κ3) is 4.12. The van der Waals surface area contributed by atoms with Gasteiger partial charge in [0.2, 0.25) is 5.91 Å². The molecule has 0 aromatic rings. The molecule has 0 aromatic heterocycles. The fourth-order valence-electron chi connectivity index (χ4n) is 2.69. The van der Waals surface area contributed by atoms with Crippen LogP contribution in [0, 0.1) is 5.92 Å². The summed E-state index contributed by atoms with van der Waals surface area (Å²) in [4.78, 5) is 38.1. The molecular formula is C14H22N4O3. The second-order valence-electron chi connectivity index (χ2n) is 5.36. The van der Waals surface area contributed by atoms with Gasteiger partial charge in [-0.1, -0.05) is 0 Å². The molecule has 0 unspecified atom stereocenters. The summed E-state index contributed by atoms with van der Waals surface area (Å²) in [5.74, 6) is -0.606. The second kappa shape index (κ2) is 7.33. The number of nitrogens with zero attached hydrogens (tertiary/aromatic N) is 2. The molecule has 3 amide bonds. The quantitative estimate of drug-likeness (QED) is 0.594. The third-order valence-electron chi connectivity index (χ3n) is 3.94. The van der Waals surface area contributed by atoms with E-state index in [0.29, 0.717) is 13.1 Å². The van der Waals surface area contributed by atoms with Crippen LogP contribution in [-0.4, -0.2) is 66.8 Å². The van der Waals surface area contributed by atoms with Crippen LogP contribution in [0.5, 0.6) is 0 Å². The van der Waals surface area contributed by atoms with E-state index >= 15 is 0 Å². The number of nitrogens with one attached hydrogen (secondary N) is 1. The molecule has 21 heavy (non-hydrogen) atoms. The molecule has 2 aliphatic heterocycles. The lowest BCUT2D eigenvalue weighted by Gasteiger charge is -2.30. The fourth-order valence-corrected chi connectivity index (χ4v) is 2.69. The van der Waals surface area contributed by atoms with Crippen molar-refractivity contribution in [1.29, 1.82) is 0 Å². The zero-order valence-corrected chi connectivity index (χ0v) is 12.1. The van der Waals surface area contributed by atoms with Crippen molar-refractivity contribution in [1.82, 2.24) is 15.1 Å². The van der Waals surface area contributed by atoms with E-state index in [-0.39, 0.29) is 30.2 Å². The molecule has 7 nitrogen and oxygen atoms in total. The van der Waals surface area contributed by atoms with Crippen LogP contribution in [0.25, 0.3) is 0 Å². The number of imide groups is 1. The summed E-state index contributed by atoms with van der Waals surface area (Å²) in [6, 6.07) is 0. The van der Waals surface area contributed by atoms with Crippen molar-refractivity contribution in [3.05, 3.63) is 12.2 Å². The smallest absolute Gasteiger partial charge is 0.253 e. The summed E-state index contributed by atoms with van der Waals surface area (Å²) < 4.78 is 0. The van der Waals surface area contributed by atoms with Crippen molar-refractivity contribution in [2.24, 2.45) is 11.7 Å². The SMILES string of the molecule is NCCN1CCC(C(=O)NCCN2C(=O)C=CC2=O)CC1. The van der Waals surface area contributed by atoms with E-state index in [0.717, 1.165) is 37.4 Å². The number of piperidine rings is 1. The number of likely N-dealkylation sites (tertiary alicyclic amines) is 1. The second-order valence-corrected chi connectivity index (χ2v) is 5.36. The van der Waals surface area contributed by atoms with E-state index in [4.69, 9.17) is 5.73 Å². The van der Waals surface area contributed by atoms with Gasteiger partial charge in [-0.05, 0) is 25.9 Å². The summed E-state index contributed by atoms with van der Waals surface area (Å²) in [5, 5.41) is 2.81. The van der Waals surface area contributed by atoms with Crippen LogP contribution in [0.1, 0.15) is 12.8 Å². The highest BCUT2D eigenvalue weighted by atomic mass is 16.2. The maximum Gasteiger partial charge on any atom is 0.253 e. The summed E-state index contributed by atoms with van der Waals surface area (Å²) in [6.07, 6.45) is 4.15. The van der Waals surface area contributed by atoms with E-state index < -0.39 is 0 Å². The van der Waals surface area contributed by atoms with Gasteiger partial charge in [0.1, 0.15) is 0 Å². The van der Waals surface area contributed by atoms with Crippen molar-refractivity contribution >= 4 is 17.7 Å². The number of carbonyl (C=O) groups excluding carboxylic acids is 3. The van der Waals surface area contributed by atoms with Gasteiger partial charge in [-0.3, -0.25) is 19.3 Å². The molecule has 0 atom stereocenters. The summed E-state index contributed by atoms with van der Waals surface area (Å²) in [7, 11) is 0. The van der Waals surface area contributed by atoms with Crippen LogP contribution >= 0.6 is 0 Å². The Bertz CT molecular complexity index is 424. The number of amides is 3. The molecule has 0 spiro atoms. The topological polar surface area (TPSA) is 95.7 Å². The van der Waals surface area contributed by atoms with E-state index in [1.807, 2.05) is 0 Å². The first-order chi connectivity index (χ1) is 10.1. The van der Waals surface area contributed by atoms with Gasteiger partial charge in [-0.2, -0.15) is 0 Å². The van der Waals surface area contributed by atoms with Gasteiger partial charge >= 0.3 is 0 Å². The minimum Gasteiger partial charge on any atom is -0.354 e. The minimum atomic E-state index is -0.315. The molecule has 0 radical (unpaired) electrons. The van der Waals surface area contributed by atoms with Gasteiger partial charge in [0.25, 0.3) is 11.8 Å². The Morgan fingerprint density at radius 1 is 1.19 bits per heavy atom. The maximum atomic E-state index is 12.0. The summed E-state index contributed by atoms with van der Waals surface area (Å²) >= 11 is 0. The van der Waals surface area contributed by atoms with Crippen molar-refractivity contribution in [2.75, 3.05) is 39.3 Å². The van der Waals surface area contributed by atoms with E-state index in [1.165, 1.54) is 12.2 Å². The lowest BCUT2D eigenvalue weighted by molar-refractivity contribution is -0.137. The molecule has 2 aliphatic rings. The summed E-state index contributed by atoms with van der Waals surface area (Å²) in [6.45, 7) is 3.83. The fraction of sp³-hybridized carbons (Fsp3) is 0.643. The Morgan fingerprint density at radius 3 is 2.38 bits per heavy atom. The van der Waals surface area contributed by atoms with Gasteiger partial charge in [0.05, 0.1) is 0 Å². The first-order valence-electron chi connectivity index (χ1n) is 7.35. The number of nitrogens with two attached hydrogens (primary N) is 1. The van der Waals surface area contributed by atoms with Crippen molar-refractivity contribution < 1.29 is 14.4 Å². The molecule has 116 valence electrons. The zero-order valence-electron chi connectivity index (χ0n) is 12.1. The van der Waals surface area contributed by atoms with Crippen LogP contribution in [0.15, 0.2) is 12.2 Å². The van der Waals surface area contributed by atoms with Crippen LogP contribution in [-0.2, 0) is 14.4 Å². The van der Waals surface area contributed by atoms with Gasteiger partial charge in [-0.15, -0.1) is 0 Å². The van der Waals surface area contributed by atoms with Crippen molar-refractivity contribution in [2.45, 2.75) is 12.8 Å². The zero-order chi connectivity index (χ0) is 15.2. The average molecular weight is 294 g/mol. The average Bonchev–Trinajstić information content (AvgIpc) is 2.80. The van der Waals surface area contributed by atoms with Crippen LogP contribution in [0.3, 0.4) is 0 Å². The molecule has 1 saturated heterocycles. The summed E-state index contributed by atoms with van der Waals surface area (Å²) in [5.41, 5.74) is 5.52. The number of hydrogen-bond donors (Lipinski definition) is 2. The highest BCUT2D eigenvalue weighted by Gasteiger charge is 2.26. The van der Waals surface area contributed by atoms with Crippen molar-refractivity contribution in [3.63, 3.8) is 0 Å². The highest BCUT2D eigenvalue weighted by molar-refractivity contribution is 6.12. The van der Waals surface area contributed by atoms with Crippen molar-refractivity contribution in [3.8, 4) is 0 Å². The standard InChI is InChI=1S/C14H22N4O3/c15-5-9-17-7-3-11(4-8-17)14(21)16-6-10-18-12(19)1-2-13(18)20/h1-2,11H,3-10,15H2,(H,16,21). The highest BCUT2D eigenvalue weighted by Crippen LogP contribution is 2.16. The molecule has 0 bridgehead atoms. The molecular weight excluding hydrogens is 272 g/mol. The Balaban J connectivity index is 1.66. The van der Waals surface area contributed by atoms with Crippen LogP contribution < -0.4 is 11.1 Å². The van der Waals surface area contributed by atoms with Gasteiger partial charge < -0.3 is 16.0 Å². The Hall–Kier alpha value is -1.73. The Morgan fingerprint density at radius 2 is 1.81 bits per heavy atom. The van der Waals surface area contributed by atoms with Crippen LogP contribution in [0.2, 0.25) is 0 Å². The van der Waals surface area contributed by atoms with Gasteiger partial charge in [0.15, 0.2) is 0 Å². The lowest BCUT2D eigenvalue weighted by atomic mass is 9.96. The number of rotatable bonds is 6. The number of hydrogen-bond acceptors (Lipinski definition) is 5.